The molecule has 0 N–H and O–H groups in total. The van der Waals surface area contributed by atoms with Gasteiger partial charge in [0.15, 0.2) is 6.10 Å². The molecule has 6 nitrogen and oxygen atoms in total. The Balaban J connectivity index is 4.22. The number of ether oxygens (including phenoxy) is 3. The van der Waals surface area contributed by atoms with Crippen molar-refractivity contribution in [2.75, 3.05) is 13.2 Å². The van der Waals surface area contributed by atoms with E-state index in [0.29, 0.717) is 19.3 Å². The van der Waals surface area contributed by atoms with Gasteiger partial charge in [-0.2, -0.15) is 0 Å². The minimum absolute atomic E-state index is 0.0743. The summed E-state index contributed by atoms with van der Waals surface area (Å²) in [5.74, 6) is -0.870. The second kappa shape index (κ2) is 64.2. The summed E-state index contributed by atoms with van der Waals surface area (Å²) in [6.45, 7) is 6.62. The van der Waals surface area contributed by atoms with Gasteiger partial charge in [0, 0.05) is 19.3 Å². The summed E-state index contributed by atoms with van der Waals surface area (Å²) in [5, 5.41) is 0. The van der Waals surface area contributed by atoms with Crippen LogP contribution in [0.15, 0.2) is 36.5 Å². The quantitative estimate of drug-likeness (QED) is 0.0261. The summed E-state index contributed by atoms with van der Waals surface area (Å²) >= 11 is 0. The highest BCUT2D eigenvalue weighted by Gasteiger charge is 2.19. The Hall–Kier alpha value is -2.37. The number of hydrogen-bond donors (Lipinski definition) is 0. The number of carbonyl (C=O) groups excluding carboxylic acids is 3. The molecule has 6 heteroatoms. The van der Waals surface area contributed by atoms with Crippen LogP contribution in [0.3, 0.4) is 0 Å². The van der Waals surface area contributed by atoms with Crippen molar-refractivity contribution in [2.45, 2.75) is 374 Å². The van der Waals surface area contributed by atoms with Crippen LogP contribution in [0.2, 0.25) is 0 Å². The van der Waals surface area contributed by atoms with Crippen molar-refractivity contribution < 1.29 is 28.6 Å². The van der Waals surface area contributed by atoms with Gasteiger partial charge in [-0.3, -0.25) is 14.4 Å². The van der Waals surface area contributed by atoms with Gasteiger partial charge in [0.05, 0.1) is 0 Å². The van der Waals surface area contributed by atoms with Crippen molar-refractivity contribution in [1.82, 2.24) is 0 Å². The molecule has 0 amide bonds. The van der Waals surface area contributed by atoms with Gasteiger partial charge in [-0.1, -0.05) is 314 Å². The predicted molar refractivity (Wildman–Crippen MR) is 326 cm³/mol. The molecule has 0 bridgehead atoms. The SMILES string of the molecule is CCC/C=C\C/C=C\CCCCCCCC(=O)OCC(COC(=O)CCCCCCCCCCCCCCCCCCCCCCCCCCCC)OC(=O)CCCCCCCCC/C=C\CCCCCCCCC. The molecule has 0 aliphatic rings. The zero-order valence-electron chi connectivity index (χ0n) is 50.6. The van der Waals surface area contributed by atoms with Gasteiger partial charge in [-0.05, 0) is 70.6 Å². The first-order valence-corrected chi connectivity index (χ1v) is 33.5. The molecule has 0 fully saturated rings. The Labute approximate surface area is 467 Å². The zero-order chi connectivity index (χ0) is 54.3. The lowest BCUT2D eigenvalue weighted by Gasteiger charge is -2.18. The van der Waals surface area contributed by atoms with Gasteiger partial charge in [0.2, 0.25) is 0 Å². The van der Waals surface area contributed by atoms with E-state index >= 15 is 0 Å². The van der Waals surface area contributed by atoms with Crippen LogP contribution in [0, 0.1) is 0 Å². The molecule has 440 valence electrons. The molecule has 1 atom stereocenters. The predicted octanol–water partition coefficient (Wildman–Crippen LogP) is 22.8. The maximum atomic E-state index is 12.9. The van der Waals surface area contributed by atoms with Gasteiger partial charge >= 0.3 is 17.9 Å². The molecule has 0 aliphatic heterocycles. The van der Waals surface area contributed by atoms with Crippen LogP contribution in [-0.4, -0.2) is 37.2 Å². The number of unbranched alkanes of at least 4 members (excludes halogenated alkanes) is 45. The Bertz CT molecular complexity index is 1250. The zero-order valence-corrected chi connectivity index (χ0v) is 50.6. The second-order valence-electron chi connectivity index (χ2n) is 22.7. The highest BCUT2D eigenvalue weighted by atomic mass is 16.6. The molecule has 0 aliphatic carbocycles. The number of rotatable bonds is 62. The summed E-state index contributed by atoms with van der Waals surface area (Å²) in [6, 6.07) is 0. The Morgan fingerprint density at radius 3 is 0.800 bits per heavy atom. The molecule has 0 heterocycles. The van der Waals surface area contributed by atoms with Crippen molar-refractivity contribution in [3.63, 3.8) is 0 Å². The van der Waals surface area contributed by atoms with E-state index < -0.39 is 6.10 Å². The van der Waals surface area contributed by atoms with E-state index in [-0.39, 0.29) is 31.1 Å². The highest BCUT2D eigenvalue weighted by Crippen LogP contribution is 2.18. The van der Waals surface area contributed by atoms with Gasteiger partial charge in [-0.15, -0.1) is 0 Å². The third-order valence-corrected chi connectivity index (χ3v) is 15.1. The Kier molecular flexibility index (Phi) is 62.1. The molecule has 0 radical (unpaired) electrons. The molecular formula is C69H128O6. The monoisotopic (exact) mass is 1050 g/mol. The molecule has 0 aromatic heterocycles. The lowest BCUT2D eigenvalue weighted by Crippen LogP contribution is -2.30. The number of carbonyl (C=O) groups is 3. The van der Waals surface area contributed by atoms with Crippen LogP contribution in [0.1, 0.15) is 367 Å². The van der Waals surface area contributed by atoms with E-state index in [1.54, 1.807) is 0 Å². The van der Waals surface area contributed by atoms with E-state index in [1.807, 2.05) is 0 Å². The van der Waals surface area contributed by atoms with Crippen molar-refractivity contribution in [3.05, 3.63) is 36.5 Å². The maximum Gasteiger partial charge on any atom is 0.306 e. The molecule has 0 rings (SSSR count). The van der Waals surface area contributed by atoms with Gasteiger partial charge < -0.3 is 14.2 Å². The van der Waals surface area contributed by atoms with Crippen LogP contribution >= 0.6 is 0 Å². The highest BCUT2D eigenvalue weighted by molar-refractivity contribution is 5.71. The normalized spacial score (nSPS) is 12.2. The average Bonchev–Trinajstić information content (AvgIpc) is 3.41. The van der Waals surface area contributed by atoms with E-state index in [1.165, 1.54) is 244 Å². The molecular weight excluding hydrogens is 925 g/mol. The molecule has 0 spiro atoms. The largest absolute Gasteiger partial charge is 0.462 e. The fourth-order valence-electron chi connectivity index (χ4n) is 10.1. The third kappa shape index (κ3) is 62.4. The van der Waals surface area contributed by atoms with Crippen molar-refractivity contribution >= 4 is 17.9 Å². The lowest BCUT2D eigenvalue weighted by atomic mass is 10.0. The van der Waals surface area contributed by atoms with Gasteiger partial charge in [0.25, 0.3) is 0 Å². The van der Waals surface area contributed by atoms with E-state index in [4.69, 9.17) is 14.2 Å². The average molecular weight is 1050 g/mol. The van der Waals surface area contributed by atoms with Crippen LogP contribution in [-0.2, 0) is 28.6 Å². The van der Waals surface area contributed by atoms with Crippen LogP contribution in [0.5, 0.6) is 0 Å². The molecule has 1 unspecified atom stereocenters. The first kappa shape index (κ1) is 72.6. The standard InChI is InChI=1S/C69H128O6/c1-4-7-10-13-16-19-22-25-27-29-31-32-33-34-35-36-37-38-40-41-44-47-50-53-56-59-62-68(71)74-65-66(64-73-67(70)61-58-55-52-49-46-43-24-21-18-15-12-9-6-3)75-69(72)63-60-57-54-51-48-45-42-39-30-28-26-23-20-17-14-11-8-5-2/h12,15,21,24,28,30,66H,4-11,13-14,16-20,22-23,25-27,29,31-65H2,1-3H3/b15-12-,24-21-,30-28-. The number of hydrogen-bond acceptors (Lipinski definition) is 6. The van der Waals surface area contributed by atoms with Gasteiger partial charge in [-0.25, -0.2) is 0 Å². The molecule has 0 saturated carbocycles. The van der Waals surface area contributed by atoms with Crippen LogP contribution < -0.4 is 0 Å². The number of esters is 3. The Morgan fingerprint density at radius 2 is 0.507 bits per heavy atom. The molecule has 0 aromatic carbocycles. The Morgan fingerprint density at radius 1 is 0.267 bits per heavy atom. The molecule has 0 aromatic rings. The third-order valence-electron chi connectivity index (χ3n) is 15.1. The minimum atomic E-state index is -0.779. The smallest absolute Gasteiger partial charge is 0.306 e. The molecule has 75 heavy (non-hydrogen) atoms. The first-order valence-electron chi connectivity index (χ1n) is 33.5. The first-order chi connectivity index (χ1) is 37.0. The molecule has 0 saturated heterocycles. The van der Waals surface area contributed by atoms with Crippen molar-refractivity contribution in [2.24, 2.45) is 0 Å². The summed E-state index contributed by atoms with van der Waals surface area (Å²) in [6.07, 6.45) is 78.8. The van der Waals surface area contributed by atoms with Gasteiger partial charge in [0.1, 0.15) is 13.2 Å². The van der Waals surface area contributed by atoms with E-state index in [9.17, 15) is 14.4 Å². The summed E-state index contributed by atoms with van der Waals surface area (Å²) < 4.78 is 16.9. The number of allylic oxidation sites excluding steroid dienone is 6. The van der Waals surface area contributed by atoms with E-state index in [0.717, 1.165) is 83.5 Å². The summed E-state index contributed by atoms with van der Waals surface area (Å²) in [7, 11) is 0. The fourth-order valence-corrected chi connectivity index (χ4v) is 10.1. The van der Waals surface area contributed by atoms with Crippen molar-refractivity contribution in [3.8, 4) is 0 Å². The topological polar surface area (TPSA) is 78.9 Å². The maximum absolute atomic E-state index is 12.9. The summed E-state index contributed by atoms with van der Waals surface area (Å²) in [5.41, 5.74) is 0. The lowest BCUT2D eigenvalue weighted by molar-refractivity contribution is -0.167. The van der Waals surface area contributed by atoms with E-state index in [2.05, 4.69) is 57.2 Å². The second-order valence-corrected chi connectivity index (χ2v) is 22.7. The fraction of sp³-hybridized carbons (Fsp3) is 0.870. The summed E-state index contributed by atoms with van der Waals surface area (Å²) in [4.78, 5) is 38.3. The van der Waals surface area contributed by atoms with Crippen LogP contribution in [0.25, 0.3) is 0 Å². The van der Waals surface area contributed by atoms with Crippen molar-refractivity contribution in [1.29, 1.82) is 0 Å². The minimum Gasteiger partial charge on any atom is -0.462 e. The van der Waals surface area contributed by atoms with Crippen LogP contribution in [0.4, 0.5) is 0 Å².